The number of thiazole rings is 1. The Kier molecular flexibility index (Phi) is 5.19. The van der Waals surface area contributed by atoms with E-state index in [1.54, 1.807) is 0 Å². The zero-order valence-corrected chi connectivity index (χ0v) is 18.4. The van der Waals surface area contributed by atoms with Gasteiger partial charge in [0.25, 0.3) is 6.01 Å². The van der Waals surface area contributed by atoms with Crippen LogP contribution in [0.2, 0.25) is 0 Å². The molecule has 2 aromatic heterocycles. The number of nitrogens with zero attached hydrogens (tertiary/aromatic N) is 3. The van der Waals surface area contributed by atoms with Crippen LogP contribution >= 0.6 is 11.3 Å². The van der Waals surface area contributed by atoms with Crippen LogP contribution in [0.15, 0.2) is 52.3 Å². The Bertz CT molecular complexity index is 1200. The van der Waals surface area contributed by atoms with Gasteiger partial charge in [-0.15, -0.1) is 11.3 Å². The molecule has 1 aliphatic heterocycles. The highest BCUT2D eigenvalue weighted by Crippen LogP contribution is 2.30. The standard InChI is InChI=1S/C24H24N4O2S/c1-15-7-8-16(2)18(13-15)20-14-31-23(25-20)27-22(29)17-9-11-28(12-10-17)24-26-19-5-3-4-6-21(19)30-24/h3-8,13-14,17H,9-12H2,1-2H3,(H,25,27,29). The number of nitrogens with one attached hydrogen (secondary N) is 1. The van der Waals surface area contributed by atoms with Crippen LogP contribution in [0.3, 0.4) is 0 Å². The lowest BCUT2D eigenvalue weighted by Gasteiger charge is -2.29. The Morgan fingerprint density at radius 1 is 1.13 bits per heavy atom. The molecular weight excluding hydrogens is 408 g/mol. The summed E-state index contributed by atoms with van der Waals surface area (Å²) >= 11 is 1.47. The third-order valence-corrected chi connectivity index (χ3v) is 6.58. The van der Waals surface area contributed by atoms with E-state index < -0.39 is 0 Å². The van der Waals surface area contributed by atoms with Gasteiger partial charge >= 0.3 is 0 Å². The number of carbonyl (C=O) groups excluding carboxylic acids is 1. The van der Waals surface area contributed by atoms with Crippen LogP contribution in [-0.4, -0.2) is 29.0 Å². The molecule has 0 atom stereocenters. The van der Waals surface area contributed by atoms with Crippen molar-refractivity contribution in [1.29, 1.82) is 0 Å². The number of aromatic nitrogens is 2. The fraction of sp³-hybridized carbons (Fsp3) is 0.292. The van der Waals surface area contributed by atoms with Gasteiger partial charge in [0, 0.05) is 30.0 Å². The first-order valence-electron chi connectivity index (χ1n) is 10.5. The van der Waals surface area contributed by atoms with Crippen LogP contribution in [0.25, 0.3) is 22.4 Å². The number of para-hydroxylation sites is 2. The van der Waals surface area contributed by atoms with Gasteiger partial charge in [0.05, 0.1) is 5.69 Å². The third-order valence-electron chi connectivity index (χ3n) is 5.82. The molecule has 6 nitrogen and oxygen atoms in total. The van der Waals surface area contributed by atoms with Crippen LogP contribution in [0.4, 0.5) is 11.1 Å². The van der Waals surface area contributed by atoms with Crippen molar-refractivity contribution in [3.05, 3.63) is 59.0 Å². The molecular formula is C24H24N4O2S. The first-order chi connectivity index (χ1) is 15.1. The van der Waals surface area contributed by atoms with Gasteiger partial charge in [-0.1, -0.05) is 29.8 Å². The summed E-state index contributed by atoms with van der Waals surface area (Å²) in [7, 11) is 0. The van der Waals surface area contributed by atoms with E-state index in [-0.39, 0.29) is 11.8 Å². The summed E-state index contributed by atoms with van der Waals surface area (Å²) in [5, 5.41) is 5.68. The highest BCUT2D eigenvalue weighted by molar-refractivity contribution is 7.14. The maximum absolute atomic E-state index is 12.8. The van der Waals surface area contributed by atoms with Gasteiger partial charge in [0.2, 0.25) is 5.91 Å². The molecule has 1 amide bonds. The minimum atomic E-state index is -0.0336. The van der Waals surface area contributed by atoms with Crippen molar-refractivity contribution in [2.24, 2.45) is 5.92 Å². The second-order valence-electron chi connectivity index (χ2n) is 8.07. The number of hydrogen-bond acceptors (Lipinski definition) is 6. The molecule has 3 heterocycles. The van der Waals surface area contributed by atoms with Crippen LogP contribution in [0.5, 0.6) is 0 Å². The highest BCUT2D eigenvalue weighted by Gasteiger charge is 2.27. The Labute approximate surface area is 184 Å². The molecule has 4 aromatic rings. The molecule has 7 heteroatoms. The van der Waals surface area contributed by atoms with Gasteiger partial charge in [0.15, 0.2) is 10.7 Å². The van der Waals surface area contributed by atoms with E-state index in [0.29, 0.717) is 11.1 Å². The average molecular weight is 433 g/mol. The predicted octanol–water partition coefficient (Wildman–Crippen LogP) is 5.42. The monoisotopic (exact) mass is 432 g/mol. The number of anilines is 2. The molecule has 5 rings (SSSR count). The zero-order chi connectivity index (χ0) is 21.4. The van der Waals surface area contributed by atoms with Crippen molar-refractivity contribution >= 4 is 39.5 Å². The van der Waals surface area contributed by atoms with Gasteiger partial charge in [-0.05, 0) is 50.5 Å². The van der Waals surface area contributed by atoms with Crippen LogP contribution in [0, 0.1) is 19.8 Å². The van der Waals surface area contributed by atoms with E-state index in [1.165, 1.54) is 22.5 Å². The molecule has 0 spiro atoms. The normalized spacial score (nSPS) is 14.8. The molecule has 1 fully saturated rings. The van der Waals surface area contributed by atoms with Crippen molar-refractivity contribution in [3.8, 4) is 11.3 Å². The molecule has 2 aromatic carbocycles. The molecule has 0 bridgehead atoms. The lowest BCUT2D eigenvalue weighted by atomic mass is 9.96. The summed E-state index contributed by atoms with van der Waals surface area (Å²) in [6.07, 6.45) is 1.53. The topological polar surface area (TPSA) is 71.3 Å². The summed E-state index contributed by atoms with van der Waals surface area (Å²) in [5.41, 5.74) is 6.06. The summed E-state index contributed by atoms with van der Waals surface area (Å²) in [6, 6.07) is 14.7. The fourth-order valence-electron chi connectivity index (χ4n) is 4.00. The average Bonchev–Trinajstić information content (AvgIpc) is 3.42. The number of fused-ring (bicyclic) bond motifs is 1. The highest BCUT2D eigenvalue weighted by atomic mass is 32.1. The maximum Gasteiger partial charge on any atom is 0.298 e. The van der Waals surface area contributed by atoms with Crippen molar-refractivity contribution in [3.63, 3.8) is 0 Å². The largest absolute Gasteiger partial charge is 0.423 e. The minimum absolute atomic E-state index is 0.0336. The number of oxazole rings is 1. The zero-order valence-electron chi connectivity index (χ0n) is 17.6. The van der Waals surface area contributed by atoms with E-state index in [0.717, 1.165) is 48.3 Å². The lowest BCUT2D eigenvalue weighted by Crippen LogP contribution is -2.38. The first-order valence-corrected chi connectivity index (χ1v) is 11.4. The van der Waals surface area contributed by atoms with Crippen LogP contribution in [0.1, 0.15) is 24.0 Å². The van der Waals surface area contributed by atoms with Gasteiger partial charge < -0.3 is 14.6 Å². The van der Waals surface area contributed by atoms with Gasteiger partial charge in [0.1, 0.15) is 5.52 Å². The molecule has 158 valence electrons. The molecule has 0 aliphatic carbocycles. The maximum atomic E-state index is 12.8. The quantitative estimate of drug-likeness (QED) is 0.466. The Morgan fingerprint density at radius 3 is 2.74 bits per heavy atom. The van der Waals surface area contributed by atoms with Gasteiger partial charge in [-0.2, -0.15) is 4.98 Å². The summed E-state index contributed by atoms with van der Waals surface area (Å²) in [6.45, 7) is 5.65. The van der Waals surface area contributed by atoms with Crippen molar-refractivity contribution < 1.29 is 9.21 Å². The lowest BCUT2D eigenvalue weighted by molar-refractivity contribution is -0.120. The summed E-state index contributed by atoms with van der Waals surface area (Å²) in [5.74, 6) is 0.00719. The number of piperidine rings is 1. The molecule has 1 aliphatic rings. The molecule has 1 saturated heterocycles. The summed E-state index contributed by atoms with van der Waals surface area (Å²) in [4.78, 5) is 24.2. The smallest absolute Gasteiger partial charge is 0.298 e. The van der Waals surface area contributed by atoms with Crippen molar-refractivity contribution in [2.45, 2.75) is 26.7 Å². The number of benzene rings is 2. The van der Waals surface area contributed by atoms with E-state index in [4.69, 9.17) is 4.42 Å². The number of amides is 1. The Hall–Kier alpha value is -3.19. The van der Waals surface area contributed by atoms with E-state index in [9.17, 15) is 4.79 Å². The van der Waals surface area contributed by atoms with Gasteiger partial charge in [-0.25, -0.2) is 4.98 Å². The molecule has 31 heavy (non-hydrogen) atoms. The first kappa shape index (κ1) is 19.8. The van der Waals surface area contributed by atoms with Gasteiger partial charge in [-0.3, -0.25) is 4.79 Å². The molecule has 0 unspecified atom stereocenters. The predicted molar refractivity (Wildman–Crippen MR) is 125 cm³/mol. The number of aryl methyl sites for hydroxylation is 2. The van der Waals surface area contributed by atoms with E-state index in [1.807, 2.05) is 29.6 Å². The second-order valence-corrected chi connectivity index (χ2v) is 8.93. The Morgan fingerprint density at radius 2 is 1.94 bits per heavy atom. The Balaban J connectivity index is 1.21. The van der Waals surface area contributed by atoms with E-state index in [2.05, 4.69) is 52.2 Å². The number of hydrogen-bond donors (Lipinski definition) is 1. The second kappa shape index (κ2) is 8.15. The molecule has 0 saturated carbocycles. The van der Waals surface area contributed by atoms with Crippen molar-refractivity contribution in [2.75, 3.05) is 23.3 Å². The fourth-order valence-corrected chi connectivity index (χ4v) is 4.72. The van der Waals surface area contributed by atoms with Crippen LogP contribution in [-0.2, 0) is 4.79 Å². The molecule has 1 N–H and O–H groups in total. The third kappa shape index (κ3) is 4.05. The number of rotatable bonds is 4. The van der Waals surface area contributed by atoms with E-state index >= 15 is 0 Å². The van der Waals surface area contributed by atoms with Crippen molar-refractivity contribution in [1.82, 2.24) is 9.97 Å². The number of carbonyl (C=O) groups is 1. The minimum Gasteiger partial charge on any atom is -0.423 e. The van der Waals surface area contributed by atoms with Crippen LogP contribution < -0.4 is 10.2 Å². The summed E-state index contributed by atoms with van der Waals surface area (Å²) < 4.78 is 5.87. The molecule has 0 radical (unpaired) electrons. The SMILES string of the molecule is Cc1ccc(C)c(-c2csc(NC(=O)C3CCN(c4nc5ccccc5o4)CC3)n2)c1.